The summed E-state index contributed by atoms with van der Waals surface area (Å²) in [6, 6.07) is 20.1. The number of rotatable bonds is 7. The van der Waals surface area contributed by atoms with Crippen LogP contribution in [-0.4, -0.2) is 46.1 Å². The maximum atomic E-state index is 11.0. The molecule has 2 fully saturated rings. The summed E-state index contributed by atoms with van der Waals surface area (Å²) in [6.07, 6.45) is 8.70. The van der Waals surface area contributed by atoms with Gasteiger partial charge in [-0.2, -0.15) is 0 Å². The van der Waals surface area contributed by atoms with Gasteiger partial charge in [-0.3, -0.25) is 10.1 Å². The Morgan fingerprint density at radius 2 is 1.69 bits per heavy atom. The Labute approximate surface area is 206 Å². The molecule has 1 aliphatic carbocycles. The van der Waals surface area contributed by atoms with Crippen LogP contribution < -0.4 is 15.5 Å². The predicted octanol–water partition coefficient (Wildman–Crippen LogP) is 5.03. The van der Waals surface area contributed by atoms with Gasteiger partial charge in [-0.05, 0) is 43.9 Å². The minimum absolute atomic E-state index is 0.134. The van der Waals surface area contributed by atoms with Crippen LogP contribution in [0.25, 0.3) is 11.3 Å². The molecule has 2 heterocycles. The summed E-state index contributed by atoms with van der Waals surface area (Å²) in [6.45, 7) is 1.88. The fraction of sp³-hybridized carbons (Fsp3) is 0.407. The molecule has 2 aliphatic rings. The lowest BCUT2D eigenvalue weighted by Gasteiger charge is -2.40. The third-order valence-electron chi connectivity index (χ3n) is 7.10. The summed E-state index contributed by atoms with van der Waals surface area (Å²) < 4.78 is 0. The maximum absolute atomic E-state index is 11.0. The second-order valence-corrected chi connectivity index (χ2v) is 9.50. The normalized spacial score (nSPS) is 22.5. The van der Waals surface area contributed by atoms with Crippen LogP contribution in [0.4, 0.5) is 17.3 Å². The monoisotopic (exact) mass is 472 g/mol. The molecule has 1 aliphatic heterocycles. The van der Waals surface area contributed by atoms with Crippen molar-refractivity contribution in [2.75, 3.05) is 23.3 Å². The fourth-order valence-corrected chi connectivity index (χ4v) is 5.30. The molecule has 8 heteroatoms. The molecule has 1 saturated heterocycles. The number of non-ortho nitro benzene ring substituents is 1. The van der Waals surface area contributed by atoms with E-state index in [2.05, 4.69) is 32.7 Å². The van der Waals surface area contributed by atoms with Crippen molar-refractivity contribution < 1.29 is 4.92 Å². The SMILES string of the molecule is O=[N+]([O-])c1ccc(N2CCC[C@H](NC3CCCCC3Nc3nccc(-c4ccccc4)n3)C2)cc1. The highest BCUT2D eigenvalue weighted by molar-refractivity contribution is 5.59. The van der Waals surface area contributed by atoms with Crippen molar-refractivity contribution in [3.05, 3.63) is 77.0 Å². The molecule has 35 heavy (non-hydrogen) atoms. The smallest absolute Gasteiger partial charge is 0.269 e. The molecule has 8 nitrogen and oxygen atoms in total. The average molecular weight is 473 g/mol. The zero-order valence-electron chi connectivity index (χ0n) is 19.8. The van der Waals surface area contributed by atoms with Crippen molar-refractivity contribution in [1.29, 1.82) is 0 Å². The van der Waals surface area contributed by atoms with E-state index >= 15 is 0 Å². The van der Waals surface area contributed by atoms with E-state index in [1.807, 2.05) is 42.6 Å². The lowest BCUT2D eigenvalue weighted by Crippen LogP contribution is -2.55. The van der Waals surface area contributed by atoms with E-state index in [9.17, 15) is 10.1 Å². The van der Waals surface area contributed by atoms with Crippen LogP contribution >= 0.6 is 0 Å². The number of hydrogen-bond donors (Lipinski definition) is 2. The van der Waals surface area contributed by atoms with Crippen molar-refractivity contribution >= 4 is 17.3 Å². The van der Waals surface area contributed by atoms with E-state index in [0.29, 0.717) is 18.0 Å². The molecule has 1 aromatic heterocycles. The van der Waals surface area contributed by atoms with Crippen LogP contribution in [0.3, 0.4) is 0 Å². The first-order valence-corrected chi connectivity index (χ1v) is 12.6. The molecule has 2 unspecified atom stereocenters. The number of benzene rings is 2. The first kappa shape index (κ1) is 23.2. The first-order chi connectivity index (χ1) is 17.2. The molecule has 3 aromatic rings. The Kier molecular flexibility index (Phi) is 7.18. The van der Waals surface area contributed by atoms with E-state index < -0.39 is 0 Å². The van der Waals surface area contributed by atoms with Crippen molar-refractivity contribution in [3.8, 4) is 11.3 Å². The largest absolute Gasteiger partial charge is 0.370 e. The van der Waals surface area contributed by atoms with Gasteiger partial charge in [-0.15, -0.1) is 0 Å². The standard InChI is InChI=1S/C27H32N6O2/c34-33(35)23-14-12-22(13-15-23)32-18-6-9-21(19-32)29-25-10-4-5-11-26(25)31-27-28-17-16-24(30-27)20-7-2-1-3-8-20/h1-3,7-8,12-17,21,25-26,29H,4-6,9-11,18-19H2,(H,28,30,31)/t21-,25?,26?/m0/s1. The second kappa shape index (κ2) is 10.8. The molecular weight excluding hydrogens is 440 g/mol. The van der Waals surface area contributed by atoms with Crippen LogP contribution in [0.2, 0.25) is 0 Å². The summed E-state index contributed by atoms with van der Waals surface area (Å²) >= 11 is 0. The maximum Gasteiger partial charge on any atom is 0.269 e. The van der Waals surface area contributed by atoms with Gasteiger partial charge < -0.3 is 15.5 Å². The minimum atomic E-state index is -0.347. The number of nitro groups is 1. The molecule has 182 valence electrons. The molecule has 0 bridgehead atoms. The highest BCUT2D eigenvalue weighted by Gasteiger charge is 2.30. The van der Waals surface area contributed by atoms with E-state index in [1.54, 1.807) is 12.1 Å². The Bertz CT molecular complexity index is 1120. The van der Waals surface area contributed by atoms with Gasteiger partial charge in [0.2, 0.25) is 5.95 Å². The number of nitro benzene ring substituents is 1. The number of nitrogens with one attached hydrogen (secondary N) is 2. The van der Waals surface area contributed by atoms with Crippen molar-refractivity contribution in [1.82, 2.24) is 15.3 Å². The number of anilines is 2. The second-order valence-electron chi connectivity index (χ2n) is 9.50. The molecule has 0 radical (unpaired) electrons. The van der Waals surface area contributed by atoms with Crippen molar-refractivity contribution in [2.45, 2.75) is 56.7 Å². The Morgan fingerprint density at radius 1 is 0.914 bits per heavy atom. The van der Waals surface area contributed by atoms with Crippen molar-refractivity contribution in [3.63, 3.8) is 0 Å². The zero-order valence-corrected chi connectivity index (χ0v) is 19.8. The molecule has 0 amide bonds. The summed E-state index contributed by atoms with van der Waals surface area (Å²) in [7, 11) is 0. The topological polar surface area (TPSA) is 96.2 Å². The fourth-order valence-electron chi connectivity index (χ4n) is 5.30. The van der Waals surface area contributed by atoms with Gasteiger partial charge in [-0.1, -0.05) is 43.2 Å². The van der Waals surface area contributed by atoms with Gasteiger partial charge in [0.25, 0.3) is 5.69 Å². The van der Waals surface area contributed by atoms with Crippen LogP contribution in [-0.2, 0) is 0 Å². The van der Waals surface area contributed by atoms with E-state index in [0.717, 1.165) is 55.7 Å². The molecule has 1 saturated carbocycles. The van der Waals surface area contributed by atoms with Gasteiger partial charge in [0.05, 0.1) is 10.6 Å². The number of aromatic nitrogens is 2. The summed E-state index contributed by atoms with van der Waals surface area (Å²) in [5, 5.41) is 18.5. The minimum Gasteiger partial charge on any atom is -0.370 e. The van der Waals surface area contributed by atoms with Crippen molar-refractivity contribution in [2.24, 2.45) is 0 Å². The van der Waals surface area contributed by atoms with Gasteiger partial charge in [0.1, 0.15) is 0 Å². The van der Waals surface area contributed by atoms with E-state index in [4.69, 9.17) is 4.98 Å². The van der Waals surface area contributed by atoms with Crippen LogP contribution in [0.1, 0.15) is 38.5 Å². The third kappa shape index (κ3) is 5.77. The van der Waals surface area contributed by atoms with E-state index in [1.165, 1.54) is 12.8 Å². The van der Waals surface area contributed by atoms with Crippen LogP contribution in [0, 0.1) is 10.1 Å². The van der Waals surface area contributed by atoms with E-state index in [-0.39, 0.29) is 16.7 Å². The Balaban J connectivity index is 1.23. The predicted molar refractivity (Wildman–Crippen MR) is 139 cm³/mol. The summed E-state index contributed by atoms with van der Waals surface area (Å²) in [5.41, 5.74) is 3.20. The molecule has 2 aromatic carbocycles. The zero-order chi connectivity index (χ0) is 24.0. The van der Waals surface area contributed by atoms with Gasteiger partial charge >= 0.3 is 0 Å². The molecule has 3 atom stereocenters. The average Bonchev–Trinajstić information content (AvgIpc) is 2.91. The van der Waals surface area contributed by atoms with Gasteiger partial charge in [-0.25, -0.2) is 9.97 Å². The number of piperidine rings is 1. The Morgan fingerprint density at radius 3 is 2.46 bits per heavy atom. The Hall–Kier alpha value is -3.52. The molecule has 5 rings (SSSR count). The lowest BCUT2D eigenvalue weighted by atomic mass is 9.89. The van der Waals surface area contributed by atoms with Gasteiger partial charge in [0.15, 0.2) is 0 Å². The first-order valence-electron chi connectivity index (χ1n) is 12.6. The summed E-state index contributed by atoms with van der Waals surface area (Å²) in [4.78, 5) is 22.3. The molecule has 2 N–H and O–H groups in total. The summed E-state index contributed by atoms with van der Waals surface area (Å²) in [5.74, 6) is 0.682. The third-order valence-corrected chi connectivity index (χ3v) is 7.10. The lowest BCUT2D eigenvalue weighted by molar-refractivity contribution is -0.384. The van der Waals surface area contributed by atoms with Crippen LogP contribution in [0.5, 0.6) is 0 Å². The quantitative estimate of drug-likeness (QED) is 0.368. The van der Waals surface area contributed by atoms with Crippen LogP contribution in [0.15, 0.2) is 66.9 Å². The molecule has 0 spiro atoms. The number of hydrogen-bond acceptors (Lipinski definition) is 7. The molecular formula is C27H32N6O2. The highest BCUT2D eigenvalue weighted by atomic mass is 16.6. The highest BCUT2D eigenvalue weighted by Crippen LogP contribution is 2.26. The number of nitrogens with zero attached hydrogens (tertiary/aromatic N) is 4. The van der Waals surface area contributed by atoms with Gasteiger partial charge in [0, 0.05) is 60.8 Å².